The standard InChI is InChI=1S/C47H67N6O8P/c1-35(2)53(36(3)4)62(60-30-29-48-5)61-38(31-51-44(54)25-11-7-17-27-49-46(56)58-33-37-19-9-6-10-20-37)32-52-45(55)26-12-8-18-28-50-47(57)59-34-43-41-23-15-13-21-39(41)40-22-14-16-24-42(40)43/h6,9-10,13-16,19,21-24,35-38,43H,7-8,11-12,17-18,20,25-34H2,1-4H3,(H,49,56)(H,50,57)(H,51,54)(H,52,55). The van der Waals surface area contributed by atoms with Crippen molar-refractivity contribution in [3.05, 3.63) is 95.4 Å². The van der Waals surface area contributed by atoms with Gasteiger partial charge in [0.25, 0.3) is 8.53 Å². The van der Waals surface area contributed by atoms with Crippen molar-refractivity contribution in [1.29, 1.82) is 0 Å². The fourth-order valence-electron chi connectivity index (χ4n) is 7.39. The molecule has 15 heteroatoms. The molecule has 2 aliphatic carbocycles. The van der Waals surface area contributed by atoms with Crippen LogP contribution in [0.2, 0.25) is 0 Å². The van der Waals surface area contributed by atoms with E-state index >= 15 is 0 Å². The van der Waals surface area contributed by atoms with E-state index in [0.717, 1.165) is 30.4 Å². The maximum absolute atomic E-state index is 13.0. The Morgan fingerprint density at radius 3 is 1.81 bits per heavy atom. The summed E-state index contributed by atoms with van der Waals surface area (Å²) < 4.78 is 25.7. The molecule has 2 aromatic carbocycles. The molecule has 0 radical (unpaired) electrons. The zero-order valence-corrected chi connectivity index (χ0v) is 37.8. The third kappa shape index (κ3) is 17.5. The van der Waals surface area contributed by atoms with E-state index in [2.05, 4.69) is 61.1 Å². The number of nitrogens with one attached hydrogen (secondary N) is 4. The molecule has 62 heavy (non-hydrogen) atoms. The van der Waals surface area contributed by atoms with Crippen molar-refractivity contribution in [2.75, 3.05) is 52.5 Å². The molecule has 0 bridgehead atoms. The summed E-state index contributed by atoms with van der Waals surface area (Å²) in [4.78, 5) is 53.9. The quantitative estimate of drug-likeness (QED) is 0.0374. The van der Waals surface area contributed by atoms with E-state index < -0.39 is 26.8 Å². The van der Waals surface area contributed by atoms with Crippen molar-refractivity contribution in [3.63, 3.8) is 0 Å². The molecule has 0 saturated heterocycles. The first-order chi connectivity index (χ1) is 30.1. The lowest BCUT2D eigenvalue weighted by molar-refractivity contribution is -0.121. The summed E-state index contributed by atoms with van der Waals surface area (Å²) in [5.41, 5.74) is 4.68. The van der Waals surface area contributed by atoms with E-state index in [1.807, 2.05) is 70.2 Å². The Morgan fingerprint density at radius 1 is 0.742 bits per heavy atom. The molecule has 0 aliphatic heterocycles. The van der Waals surface area contributed by atoms with Crippen molar-refractivity contribution in [3.8, 4) is 11.1 Å². The van der Waals surface area contributed by atoms with Gasteiger partial charge in [0.05, 0.1) is 6.61 Å². The fourth-order valence-corrected chi connectivity index (χ4v) is 9.09. The van der Waals surface area contributed by atoms with Gasteiger partial charge in [-0.05, 0) is 82.1 Å². The number of carbonyl (C=O) groups is 4. The van der Waals surface area contributed by atoms with E-state index in [9.17, 15) is 19.2 Å². The van der Waals surface area contributed by atoms with Crippen LogP contribution < -0.4 is 21.3 Å². The highest BCUT2D eigenvalue weighted by Gasteiger charge is 2.31. The van der Waals surface area contributed by atoms with Crippen LogP contribution in [0.3, 0.4) is 0 Å². The lowest BCUT2D eigenvalue weighted by Gasteiger charge is -2.37. The highest BCUT2D eigenvalue weighted by Crippen LogP contribution is 2.47. The van der Waals surface area contributed by atoms with Gasteiger partial charge in [0, 0.05) is 62.9 Å². The zero-order chi connectivity index (χ0) is 44.5. The van der Waals surface area contributed by atoms with Crippen molar-refractivity contribution in [2.24, 2.45) is 5.92 Å². The number of benzene rings is 2. The van der Waals surface area contributed by atoms with Crippen LogP contribution in [0.5, 0.6) is 0 Å². The summed E-state index contributed by atoms with van der Waals surface area (Å²) in [5.74, 6) is -0.0760. The second-order valence-electron chi connectivity index (χ2n) is 16.1. The average Bonchev–Trinajstić information content (AvgIpc) is 3.58. The Labute approximate surface area is 369 Å². The number of alkyl carbamates (subject to hydrolysis) is 2. The topological polar surface area (TPSA) is 161 Å². The second-order valence-corrected chi connectivity index (χ2v) is 17.5. The molecule has 3 atom stereocenters. The van der Waals surface area contributed by atoms with Gasteiger partial charge in [-0.15, -0.1) is 0 Å². The smallest absolute Gasteiger partial charge is 0.407 e. The number of ether oxygens (including phenoxy) is 2. The van der Waals surface area contributed by atoms with Crippen LogP contribution in [0.4, 0.5) is 9.59 Å². The van der Waals surface area contributed by atoms with Crippen molar-refractivity contribution in [1.82, 2.24) is 25.9 Å². The van der Waals surface area contributed by atoms with Gasteiger partial charge in [-0.2, -0.15) is 0 Å². The summed E-state index contributed by atoms with van der Waals surface area (Å²) in [6.45, 7) is 17.6. The van der Waals surface area contributed by atoms with Crippen LogP contribution in [-0.4, -0.2) is 99.4 Å². The molecule has 4 N–H and O–H groups in total. The van der Waals surface area contributed by atoms with Crippen molar-refractivity contribution >= 4 is 32.5 Å². The first kappa shape index (κ1) is 49.9. The molecule has 2 aliphatic rings. The summed E-state index contributed by atoms with van der Waals surface area (Å²) in [6.07, 6.45) is 12.2. The predicted octanol–water partition coefficient (Wildman–Crippen LogP) is 8.40. The molecule has 0 fully saturated rings. The number of unbranched alkanes of at least 4 members (excludes halogenated alkanes) is 4. The number of fused-ring (bicyclic) bond motifs is 3. The summed E-state index contributed by atoms with van der Waals surface area (Å²) in [6, 6.07) is 16.6. The van der Waals surface area contributed by atoms with Gasteiger partial charge >= 0.3 is 12.2 Å². The van der Waals surface area contributed by atoms with Gasteiger partial charge in [0.1, 0.15) is 19.3 Å². The van der Waals surface area contributed by atoms with E-state index in [4.69, 9.17) is 25.1 Å². The third-order valence-electron chi connectivity index (χ3n) is 10.5. The lowest BCUT2D eigenvalue weighted by Crippen LogP contribution is -2.43. The van der Waals surface area contributed by atoms with E-state index in [0.29, 0.717) is 58.2 Å². The van der Waals surface area contributed by atoms with E-state index in [-0.39, 0.29) is 68.6 Å². The molecular weight excluding hydrogens is 808 g/mol. The van der Waals surface area contributed by atoms with Crippen LogP contribution in [0, 0.1) is 12.5 Å². The predicted molar refractivity (Wildman–Crippen MR) is 243 cm³/mol. The lowest BCUT2D eigenvalue weighted by atomic mass is 9.98. The van der Waals surface area contributed by atoms with E-state index in [1.54, 1.807) is 0 Å². The number of nitrogens with zero attached hydrogens (tertiary/aromatic N) is 2. The fraction of sp³-hybridized carbons (Fsp3) is 0.553. The zero-order valence-electron chi connectivity index (χ0n) is 36.9. The molecule has 2 aromatic rings. The van der Waals surface area contributed by atoms with Gasteiger partial charge < -0.3 is 44.6 Å². The first-order valence-electron chi connectivity index (χ1n) is 22.1. The largest absolute Gasteiger partial charge is 0.449 e. The minimum absolute atomic E-state index is 0.00196. The molecule has 4 rings (SSSR count). The Balaban J connectivity index is 1.15. The Morgan fingerprint density at radius 2 is 1.29 bits per heavy atom. The number of hydrogen-bond acceptors (Lipinski definition) is 9. The van der Waals surface area contributed by atoms with Crippen LogP contribution >= 0.6 is 8.53 Å². The maximum Gasteiger partial charge on any atom is 0.407 e. The van der Waals surface area contributed by atoms with Crippen molar-refractivity contribution < 1.29 is 37.7 Å². The normalized spacial score (nSPS) is 15.1. The molecule has 0 spiro atoms. The number of amides is 4. The molecule has 0 heterocycles. The Kier molecular flexibility index (Phi) is 22.5. The number of carbonyl (C=O) groups excluding carboxylic acids is 4. The highest BCUT2D eigenvalue weighted by atomic mass is 31.2. The summed E-state index contributed by atoms with van der Waals surface area (Å²) >= 11 is 0. The number of rotatable bonds is 28. The minimum atomic E-state index is -1.61. The Bertz CT molecular complexity index is 1760. The molecule has 4 amide bonds. The van der Waals surface area contributed by atoms with E-state index in [1.165, 1.54) is 11.1 Å². The molecule has 14 nitrogen and oxygen atoms in total. The minimum Gasteiger partial charge on any atom is -0.449 e. The van der Waals surface area contributed by atoms with Crippen LogP contribution in [0.1, 0.15) is 103 Å². The van der Waals surface area contributed by atoms with Gasteiger partial charge in [-0.25, -0.2) is 20.8 Å². The molecule has 0 aromatic heterocycles. The average molecular weight is 875 g/mol. The molecule has 3 unspecified atom stereocenters. The van der Waals surface area contributed by atoms with Crippen molar-refractivity contribution in [2.45, 2.75) is 110 Å². The summed E-state index contributed by atoms with van der Waals surface area (Å²) in [5, 5.41) is 11.6. The highest BCUT2D eigenvalue weighted by molar-refractivity contribution is 7.44. The molecule has 338 valence electrons. The van der Waals surface area contributed by atoms with Gasteiger partial charge in [0.2, 0.25) is 18.4 Å². The first-order valence-corrected chi connectivity index (χ1v) is 23.3. The molecular formula is C47H67N6O8P. The number of allylic oxidation sites excluding steroid dienone is 3. The monoisotopic (exact) mass is 874 g/mol. The van der Waals surface area contributed by atoms with Crippen LogP contribution in [-0.2, 0) is 28.1 Å². The SMILES string of the molecule is [C-]#[N+]CCOP(OC(CNC(=O)CCCCCNC(=O)OCC1C=CC=CC1)CNC(=O)CCCCCNC(=O)OCC1c2ccccc2-c2ccccc21)N(C(C)C)C(C)C. The van der Waals surface area contributed by atoms with Gasteiger partial charge in [0.15, 0.2) is 0 Å². The summed E-state index contributed by atoms with van der Waals surface area (Å²) in [7, 11) is -1.61. The second kappa shape index (κ2) is 28.0. The Hall–Kier alpha value is -4.80. The van der Waals surface area contributed by atoms with Gasteiger partial charge in [-0.1, -0.05) is 85.7 Å². The maximum atomic E-state index is 13.0. The third-order valence-corrected chi connectivity index (χ3v) is 12.7. The van der Waals surface area contributed by atoms with Crippen LogP contribution in [0.15, 0.2) is 72.8 Å². The molecule has 0 saturated carbocycles. The number of hydrogen-bond donors (Lipinski definition) is 4. The van der Waals surface area contributed by atoms with Gasteiger partial charge in [-0.3, -0.25) is 9.59 Å². The van der Waals surface area contributed by atoms with Crippen LogP contribution in [0.25, 0.3) is 16.0 Å².